The molecular weight excluding hydrogens is 474 g/mol. The number of hydrogen-bond acceptors (Lipinski definition) is 6. The number of amides is 1. The van der Waals surface area contributed by atoms with Gasteiger partial charge >= 0.3 is 0 Å². The van der Waals surface area contributed by atoms with Gasteiger partial charge in [0.25, 0.3) is 10.0 Å². The van der Waals surface area contributed by atoms with Gasteiger partial charge in [-0.15, -0.1) is 11.3 Å². The summed E-state index contributed by atoms with van der Waals surface area (Å²) in [5.41, 5.74) is 1.57. The van der Waals surface area contributed by atoms with Crippen LogP contribution in [0.4, 0.5) is 11.4 Å². The van der Waals surface area contributed by atoms with Crippen LogP contribution in [0, 0.1) is 0 Å². The van der Waals surface area contributed by atoms with Crippen LogP contribution in [0.2, 0.25) is 5.02 Å². The van der Waals surface area contributed by atoms with Crippen molar-refractivity contribution in [3.63, 3.8) is 0 Å². The van der Waals surface area contributed by atoms with E-state index in [-0.39, 0.29) is 22.2 Å². The summed E-state index contributed by atoms with van der Waals surface area (Å²) in [5.74, 6) is -0.0906. The molecule has 1 amide bonds. The van der Waals surface area contributed by atoms with Crippen molar-refractivity contribution in [1.29, 1.82) is 0 Å². The minimum atomic E-state index is -3.86. The molecule has 0 bridgehead atoms. The molecule has 0 spiro atoms. The summed E-state index contributed by atoms with van der Waals surface area (Å²) >= 11 is 8.90. The summed E-state index contributed by atoms with van der Waals surface area (Å²) in [7, 11) is -3.86. The summed E-state index contributed by atoms with van der Waals surface area (Å²) in [5, 5.41) is 3.03. The van der Waals surface area contributed by atoms with Crippen LogP contribution in [0.15, 0.2) is 82.0 Å². The number of halogens is 1. The molecule has 0 saturated carbocycles. The van der Waals surface area contributed by atoms with Gasteiger partial charge < -0.3 is 5.32 Å². The molecule has 0 radical (unpaired) electrons. The second-order valence-corrected chi connectivity index (χ2v) is 10.7. The fourth-order valence-corrected chi connectivity index (χ4v) is 5.96. The van der Waals surface area contributed by atoms with E-state index < -0.39 is 10.0 Å². The minimum Gasteiger partial charge on any atom is -0.325 e. The zero-order valence-electron chi connectivity index (χ0n) is 15.9. The fraction of sp³-hybridized carbons (Fsp3) is 0.0476. The number of sulfonamides is 1. The van der Waals surface area contributed by atoms with E-state index in [1.165, 1.54) is 35.2 Å². The van der Waals surface area contributed by atoms with Crippen molar-refractivity contribution in [2.24, 2.45) is 0 Å². The zero-order chi connectivity index (χ0) is 21.8. The summed E-state index contributed by atoms with van der Waals surface area (Å²) in [6.07, 6.45) is 0. The molecule has 0 saturated heterocycles. The van der Waals surface area contributed by atoms with Gasteiger partial charge in [0.2, 0.25) is 5.91 Å². The number of hydrogen-bond donors (Lipinski definition) is 2. The molecule has 0 aliphatic carbocycles. The summed E-state index contributed by atoms with van der Waals surface area (Å²) < 4.78 is 29.7. The van der Waals surface area contributed by atoms with Crippen LogP contribution < -0.4 is 10.0 Å². The van der Waals surface area contributed by atoms with Gasteiger partial charge in [0.1, 0.15) is 0 Å². The Morgan fingerprint density at radius 3 is 2.61 bits per heavy atom. The van der Waals surface area contributed by atoms with Crippen LogP contribution in [-0.4, -0.2) is 25.1 Å². The van der Waals surface area contributed by atoms with Gasteiger partial charge in [-0.05, 0) is 42.5 Å². The third-order valence-corrected chi connectivity index (χ3v) is 8.02. The van der Waals surface area contributed by atoms with Gasteiger partial charge in [0.15, 0.2) is 4.34 Å². The van der Waals surface area contributed by atoms with Crippen LogP contribution in [0.25, 0.3) is 10.2 Å². The third kappa shape index (κ3) is 5.37. The predicted molar refractivity (Wildman–Crippen MR) is 128 cm³/mol. The largest absolute Gasteiger partial charge is 0.325 e. The standard InChI is InChI=1S/C21H16ClN3O3S3/c22-16-8-1-2-9-17(16)25-31(27,28)15-7-5-6-14(12-15)23-20(26)13-29-21-24-18-10-3-4-11-19(18)30-21/h1-12,25H,13H2,(H,23,26). The first-order valence-corrected chi connectivity index (χ1v) is 12.7. The SMILES string of the molecule is O=C(CSc1nc2ccccc2s1)Nc1cccc(S(=O)(=O)Nc2ccccc2Cl)c1. The molecule has 4 aromatic rings. The lowest BCUT2D eigenvalue weighted by molar-refractivity contribution is -0.113. The quantitative estimate of drug-likeness (QED) is 0.335. The summed E-state index contributed by atoms with van der Waals surface area (Å²) in [4.78, 5) is 16.9. The smallest absolute Gasteiger partial charge is 0.262 e. The summed E-state index contributed by atoms with van der Waals surface area (Å²) in [6.45, 7) is 0. The number of anilines is 2. The average Bonchev–Trinajstić information content (AvgIpc) is 3.17. The highest BCUT2D eigenvalue weighted by Crippen LogP contribution is 2.29. The van der Waals surface area contributed by atoms with Crippen molar-refractivity contribution in [2.75, 3.05) is 15.8 Å². The van der Waals surface area contributed by atoms with Crippen LogP contribution in [-0.2, 0) is 14.8 Å². The van der Waals surface area contributed by atoms with Crippen molar-refractivity contribution in [3.8, 4) is 0 Å². The van der Waals surface area contributed by atoms with Gasteiger partial charge in [0.05, 0.1) is 31.6 Å². The molecule has 0 unspecified atom stereocenters. The van der Waals surface area contributed by atoms with Crippen molar-refractivity contribution in [2.45, 2.75) is 9.24 Å². The number of aromatic nitrogens is 1. The van der Waals surface area contributed by atoms with Crippen LogP contribution in [0.5, 0.6) is 0 Å². The van der Waals surface area contributed by atoms with Crippen molar-refractivity contribution < 1.29 is 13.2 Å². The maximum atomic E-state index is 12.7. The number of nitrogens with one attached hydrogen (secondary N) is 2. The molecule has 1 aromatic heterocycles. The predicted octanol–water partition coefficient (Wildman–Crippen LogP) is 5.48. The van der Waals surface area contributed by atoms with Gasteiger partial charge in [-0.3, -0.25) is 9.52 Å². The molecule has 1 heterocycles. The first kappa shape index (κ1) is 21.6. The highest BCUT2D eigenvalue weighted by atomic mass is 35.5. The third-order valence-electron chi connectivity index (χ3n) is 4.15. The lowest BCUT2D eigenvalue weighted by Crippen LogP contribution is -2.16. The normalized spacial score (nSPS) is 11.4. The molecule has 3 aromatic carbocycles. The van der Waals surface area contributed by atoms with Crippen molar-refractivity contribution in [3.05, 3.63) is 77.8 Å². The molecule has 31 heavy (non-hydrogen) atoms. The first-order chi connectivity index (χ1) is 14.9. The fourth-order valence-electron chi connectivity index (χ4n) is 2.73. The average molecular weight is 490 g/mol. The Balaban J connectivity index is 1.41. The minimum absolute atomic E-state index is 0.0176. The van der Waals surface area contributed by atoms with Crippen LogP contribution >= 0.6 is 34.7 Å². The maximum absolute atomic E-state index is 12.7. The number of thiazole rings is 1. The Kier molecular flexibility index (Phi) is 6.47. The maximum Gasteiger partial charge on any atom is 0.262 e. The topological polar surface area (TPSA) is 88.2 Å². The highest BCUT2D eigenvalue weighted by molar-refractivity contribution is 8.01. The molecular formula is C21H16ClN3O3S3. The van der Waals surface area contributed by atoms with Crippen molar-refractivity contribution >= 4 is 72.2 Å². The molecule has 6 nitrogen and oxygen atoms in total. The van der Waals surface area contributed by atoms with Gasteiger partial charge in [-0.25, -0.2) is 13.4 Å². The van der Waals surface area contributed by atoms with E-state index >= 15 is 0 Å². The summed E-state index contributed by atoms with van der Waals surface area (Å²) in [6, 6.07) is 20.4. The van der Waals surface area contributed by atoms with E-state index in [0.29, 0.717) is 10.7 Å². The molecule has 0 atom stereocenters. The van der Waals surface area contributed by atoms with Gasteiger partial charge in [-0.1, -0.05) is 53.7 Å². The number of carbonyl (C=O) groups excluding carboxylic acids is 1. The van der Waals surface area contributed by atoms with E-state index in [9.17, 15) is 13.2 Å². The van der Waals surface area contributed by atoms with Gasteiger partial charge in [0, 0.05) is 5.69 Å². The second-order valence-electron chi connectivity index (χ2n) is 6.40. The van der Waals surface area contributed by atoms with Gasteiger partial charge in [-0.2, -0.15) is 0 Å². The Bertz CT molecular complexity index is 1320. The first-order valence-electron chi connectivity index (χ1n) is 9.06. The zero-order valence-corrected chi connectivity index (χ0v) is 19.1. The molecule has 0 fully saturated rings. The number of para-hydroxylation sites is 2. The number of benzene rings is 3. The number of thioether (sulfide) groups is 1. The van der Waals surface area contributed by atoms with Crippen molar-refractivity contribution in [1.82, 2.24) is 4.98 Å². The Labute approximate surface area is 192 Å². The Morgan fingerprint density at radius 1 is 1.03 bits per heavy atom. The highest BCUT2D eigenvalue weighted by Gasteiger charge is 2.17. The molecule has 4 rings (SSSR count). The van der Waals surface area contributed by atoms with E-state index in [4.69, 9.17) is 11.6 Å². The molecule has 0 aliphatic rings. The van der Waals surface area contributed by atoms with E-state index in [1.807, 2.05) is 24.3 Å². The lowest BCUT2D eigenvalue weighted by atomic mass is 10.3. The second kappa shape index (κ2) is 9.27. The number of carbonyl (C=O) groups is 1. The van der Waals surface area contributed by atoms with Crippen LogP contribution in [0.1, 0.15) is 0 Å². The molecule has 0 aliphatic heterocycles. The number of fused-ring (bicyclic) bond motifs is 1. The van der Waals surface area contributed by atoms with E-state index in [2.05, 4.69) is 15.0 Å². The Morgan fingerprint density at radius 2 is 1.81 bits per heavy atom. The molecule has 2 N–H and O–H groups in total. The Hall–Kier alpha value is -2.59. The van der Waals surface area contributed by atoms with Crippen LogP contribution in [0.3, 0.4) is 0 Å². The monoisotopic (exact) mass is 489 g/mol. The lowest BCUT2D eigenvalue weighted by Gasteiger charge is -2.11. The number of nitrogens with zero attached hydrogens (tertiary/aromatic N) is 1. The molecule has 10 heteroatoms. The van der Waals surface area contributed by atoms with E-state index in [0.717, 1.165) is 14.6 Å². The van der Waals surface area contributed by atoms with E-state index in [1.54, 1.807) is 36.4 Å². The number of rotatable bonds is 7. The molecule has 158 valence electrons.